The molecule has 6 aromatic carbocycles. The Balaban J connectivity index is 1.45. The number of rotatable bonds is 3. The molecule has 2 heteroatoms. The Labute approximate surface area is 183 Å². The van der Waals surface area contributed by atoms with E-state index in [0.29, 0.717) is 0 Å². The molecule has 0 saturated heterocycles. The van der Waals surface area contributed by atoms with E-state index in [9.17, 15) is 0 Å². The van der Waals surface area contributed by atoms with Crippen molar-refractivity contribution in [2.45, 2.75) is 0 Å². The van der Waals surface area contributed by atoms with E-state index in [1.807, 2.05) is 12.1 Å². The molecular weight excluding hydrogens is 430 g/mol. The maximum atomic E-state index is 3.48. The SMILES string of the molecule is Brc1ccc(Nc2ccc(-c3ccc4ccc5cccc6ccc3c4c56)cc2)cc1. The van der Waals surface area contributed by atoms with Crippen molar-refractivity contribution in [2.75, 3.05) is 5.32 Å². The van der Waals surface area contributed by atoms with Crippen molar-refractivity contribution in [3.63, 3.8) is 0 Å². The molecule has 0 atom stereocenters. The molecule has 0 aliphatic carbocycles. The van der Waals surface area contributed by atoms with Gasteiger partial charge in [-0.2, -0.15) is 0 Å². The Morgan fingerprint density at radius 1 is 0.500 bits per heavy atom. The summed E-state index contributed by atoms with van der Waals surface area (Å²) in [6.45, 7) is 0. The van der Waals surface area contributed by atoms with Crippen molar-refractivity contribution in [2.24, 2.45) is 0 Å². The van der Waals surface area contributed by atoms with Gasteiger partial charge in [-0.25, -0.2) is 0 Å². The van der Waals surface area contributed by atoms with Gasteiger partial charge < -0.3 is 5.32 Å². The third kappa shape index (κ3) is 2.84. The first kappa shape index (κ1) is 17.5. The molecular formula is C28H18BrN. The number of anilines is 2. The quantitative estimate of drug-likeness (QED) is 0.267. The highest BCUT2D eigenvalue weighted by Gasteiger charge is 2.11. The summed E-state index contributed by atoms with van der Waals surface area (Å²) < 4.78 is 1.08. The minimum Gasteiger partial charge on any atom is -0.356 e. The highest BCUT2D eigenvalue weighted by molar-refractivity contribution is 9.10. The fraction of sp³-hybridized carbons (Fsp3) is 0. The van der Waals surface area contributed by atoms with Gasteiger partial charge in [-0.05, 0) is 79.8 Å². The zero-order chi connectivity index (χ0) is 20.1. The summed E-state index contributed by atoms with van der Waals surface area (Å²) in [5.41, 5.74) is 4.66. The van der Waals surface area contributed by atoms with Crippen LogP contribution in [0.1, 0.15) is 0 Å². The normalized spacial score (nSPS) is 11.5. The number of benzene rings is 6. The summed E-state index contributed by atoms with van der Waals surface area (Å²) in [6, 6.07) is 36.9. The summed E-state index contributed by atoms with van der Waals surface area (Å²) in [5.74, 6) is 0. The lowest BCUT2D eigenvalue weighted by molar-refractivity contribution is 1.53. The van der Waals surface area contributed by atoms with Gasteiger partial charge in [0, 0.05) is 15.8 Å². The van der Waals surface area contributed by atoms with Gasteiger partial charge >= 0.3 is 0 Å². The van der Waals surface area contributed by atoms with E-state index in [4.69, 9.17) is 0 Å². The fourth-order valence-corrected chi connectivity index (χ4v) is 4.68. The molecule has 1 nitrogen and oxygen atoms in total. The van der Waals surface area contributed by atoms with E-state index >= 15 is 0 Å². The number of hydrogen-bond acceptors (Lipinski definition) is 1. The summed E-state index contributed by atoms with van der Waals surface area (Å²) in [5, 5.41) is 11.4. The molecule has 6 aromatic rings. The van der Waals surface area contributed by atoms with Crippen LogP contribution in [-0.2, 0) is 0 Å². The van der Waals surface area contributed by atoms with Gasteiger partial charge in [-0.3, -0.25) is 0 Å². The Kier molecular flexibility index (Phi) is 4.00. The molecule has 0 spiro atoms. The highest BCUT2D eigenvalue weighted by atomic mass is 79.9. The zero-order valence-electron chi connectivity index (χ0n) is 16.2. The molecule has 30 heavy (non-hydrogen) atoms. The molecule has 0 unspecified atom stereocenters. The van der Waals surface area contributed by atoms with Gasteiger partial charge in [0.2, 0.25) is 0 Å². The van der Waals surface area contributed by atoms with Crippen molar-refractivity contribution < 1.29 is 0 Å². The summed E-state index contributed by atoms with van der Waals surface area (Å²) in [6.07, 6.45) is 0. The van der Waals surface area contributed by atoms with Crippen LogP contribution in [0.5, 0.6) is 0 Å². The molecule has 0 saturated carbocycles. The van der Waals surface area contributed by atoms with Crippen LogP contribution in [-0.4, -0.2) is 0 Å². The number of nitrogens with one attached hydrogen (secondary N) is 1. The molecule has 1 N–H and O–H groups in total. The van der Waals surface area contributed by atoms with E-state index in [2.05, 4.69) is 112 Å². The standard InChI is InChI=1S/C28H18BrN/c29-22-10-14-24(15-11-22)30-23-12-6-18(7-13-23)25-16-8-21-5-4-19-2-1-3-20-9-17-26(25)28(21)27(19)20/h1-17,30H. The lowest BCUT2D eigenvalue weighted by Gasteiger charge is -2.14. The van der Waals surface area contributed by atoms with Crippen LogP contribution >= 0.6 is 15.9 Å². The summed E-state index contributed by atoms with van der Waals surface area (Å²) in [4.78, 5) is 0. The molecule has 0 bridgehead atoms. The Hall–Kier alpha value is -3.36. The van der Waals surface area contributed by atoms with Crippen LogP contribution in [0.3, 0.4) is 0 Å². The second-order valence-corrected chi connectivity index (χ2v) is 8.59. The lowest BCUT2D eigenvalue weighted by Crippen LogP contribution is -1.90. The molecule has 0 amide bonds. The molecule has 6 rings (SSSR count). The number of hydrogen-bond donors (Lipinski definition) is 1. The zero-order valence-corrected chi connectivity index (χ0v) is 17.8. The predicted molar refractivity (Wildman–Crippen MR) is 133 cm³/mol. The fourth-order valence-electron chi connectivity index (χ4n) is 4.42. The molecule has 0 radical (unpaired) electrons. The van der Waals surface area contributed by atoms with Crippen LogP contribution in [0.2, 0.25) is 0 Å². The molecule has 0 aromatic heterocycles. The third-order valence-corrected chi connectivity index (χ3v) is 6.39. The van der Waals surface area contributed by atoms with Gasteiger partial charge in [0.25, 0.3) is 0 Å². The lowest BCUT2D eigenvalue weighted by atomic mass is 9.90. The molecule has 0 fully saturated rings. The molecule has 0 heterocycles. The van der Waals surface area contributed by atoms with Crippen LogP contribution in [0.4, 0.5) is 11.4 Å². The highest BCUT2D eigenvalue weighted by Crippen LogP contribution is 2.39. The monoisotopic (exact) mass is 447 g/mol. The van der Waals surface area contributed by atoms with Gasteiger partial charge in [0.15, 0.2) is 0 Å². The van der Waals surface area contributed by atoms with Gasteiger partial charge in [-0.15, -0.1) is 0 Å². The maximum Gasteiger partial charge on any atom is 0.0384 e. The van der Waals surface area contributed by atoms with Crippen molar-refractivity contribution in [3.8, 4) is 11.1 Å². The van der Waals surface area contributed by atoms with E-state index < -0.39 is 0 Å². The van der Waals surface area contributed by atoms with E-state index in [-0.39, 0.29) is 0 Å². The van der Waals surface area contributed by atoms with Crippen molar-refractivity contribution in [3.05, 3.63) is 108 Å². The minimum absolute atomic E-state index is 1.08. The molecule has 0 aliphatic heterocycles. The van der Waals surface area contributed by atoms with Crippen LogP contribution in [0, 0.1) is 0 Å². The smallest absolute Gasteiger partial charge is 0.0384 e. The second kappa shape index (κ2) is 6.86. The van der Waals surface area contributed by atoms with Crippen molar-refractivity contribution in [1.82, 2.24) is 0 Å². The Morgan fingerprint density at radius 3 is 1.77 bits per heavy atom. The Bertz CT molecular complexity index is 1480. The Morgan fingerprint density at radius 2 is 1.07 bits per heavy atom. The second-order valence-electron chi connectivity index (χ2n) is 7.68. The van der Waals surface area contributed by atoms with Crippen LogP contribution in [0.25, 0.3) is 43.4 Å². The van der Waals surface area contributed by atoms with Crippen LogP contribution < -0.4 is 5.32 Å². The molecule has 0 aliphatic rings. The first-order valence-electron chi connectivity index (χ1n) is 10.1. The minimum atomic E-state index is 1.08. The average molecular weight is 448 g/mol. The van der Waals surface area contributed by atoms with Gasteiger partial charge in [0.1, 0.15) is 0 Å². The summed E-state index contributed by atoms with van der Waals surface area (Å²) in [7, 11) is 0. The largest absolute Gasteiger partial charge is 0.356 e. The number of halogens is 1. The van der Waals surface area contributed by atoms with Gasteiger partial charge in [0.05, 0.1) is 0 Å². The first-order valence-corrected chi connectivity index (χ1v) is 10.9. The van der Waals surface area contributed by atoms with Crippen LogP contribution in [0.15, 0.2) is 108 Å². The topological polar surface area (TPSA) is 12.0 Å². The van der Waals surface area contributed by atoms with Gasteiger partial charge in [-0.1, -0.05) is 82.7 Å². The third-order valence-electron chi connectivity index (χ3n) is 5.86. The van der Waals surface area contributed by atoms with E-state index in [1.54, 1.807) is 0 Å². The van der Waals surface area contributed by atoms with Crippen molar-refractivity contribution >= 4 is 59.6 Å². The summed E-state index contributed by atoms with van der Waals surface area (Å²) >= 11 is 3.48. The van der Waals surface area contributed by atoms with E-state index in [1.165, 1.54) is 43.4 Å². The first-order chi connectivity index (χ1) is 14.8. The molecule has 142 valence electrons. The van der Waals surface area contributed by atoms with E-state index in [0.717, 1.165) is 15.8 Å². The van der Waals surface area contributed by atoms with Crippen molar-refractivity contribution in [1.29, 1.82) is 0 Å². The predicted octanol–water partition coefficient (Wildman–Crippen LogP) is 8.76. The average Bonchev–Trinajstić information content (AvgIpc) is 2.79. The maximum absolute atomic E-state index is 3.48.